The van der Waals surface area contributed by atoms with Crippen molar-refractivity contribution in [1.82, 2.24) is 9.97 Å². The average Bonchev–Trinajstić information content (AvgIpc) is 2.95. The van der Waals surface area contributed by atoms with E-state index in [1.165, 1.54) is 11.3 Å². The van der Waals surface area contributed by atoms with Crippen LogP contribution < -0.4 is 10.1 Å². The highest BCUT2D eigenvalue weighted by Gasteiger charge is 2.12. The Bertz CT molecular complexity index is 826. The van der Waals surface area contributed by atoms with Crippen molar-refractivity contribution in [2.24, 2.45) is 0 Å². The van der Waals surface area contributed by atoms with Crippen molar-refractivity contribution >= 4 is 49.8 Å². The molecule has 0 aliphatic carbocycles. The Morgan fingerprint density at radius 3 is 2.79 bits per heavy atom. The lowest BCUT2D eigenvalue weighted by molar-refractivity contribution is 0.306. The Morgan fingerprint density at radius 1 is 1.29 bits per heavy atom. The van der Waals surface area contributed by atoms with E-state index in [1.807, 2.05) is 43.3 Å². The van der Waals surface area contributed by atoms with Crippen LogP contribution in [0.4, 0.5) is 10.9 Å². The van der Waals surface area contributed by atoms with E-state index in [9.17, 15) is 0 Å². The minimum Gasteiger partial charge on any atom is -0.485 e. The van der Waals surface area contributed by atoms with Crippen LogP contribution in [-0.4, -0.2) is 9.97 Å². The summed E-state index contributed by atoms with van der Waals surface area (Å²) in [5, 5.41) is 3.90. The van der Waals surface area contributed by atoms with Crippen LogP contribution in [0.2, 0.25) is 4.34 Å². The molecule has 0 amide bonds. The molecular weight excluding hydrogens is 410 g/mol. The summed E-state index contributed by atoms with van der Waals surface area (Å²) in [6, 6.07) is 11.9. The van der Waals surface area contributed by atoms with Crippen LogP contribution in [0.5, 0.6) is 5.75 Å². The molecule has 0 saturated carbocycles. The summed E-state index contributed by atoms with van der Waals surface area (Å²) in [6.07, 6.45) is 2.51. The monoisotopic (exact) mass is 423 g/mol. The quantitative estimate of drug-likeness (QED) is 0.540. The smallest absolute Gasteiger partial charge is 0.190 e. The first-order valence-electron chi connectivity index (χ1n) is 7.40. The third-order valence-corrected chi connectivity index (χ3v) is 4.95. The summed E-state index contributed by atoms with van der Waals surface area (Å²) >= 11 is 11.0. The Balaban J connectivity index is 1.79. The molecule has 7 heteroatoms. The summed E-state index contributed by atoms with van der Waals surface area (Å²) in [5.74, 6) is 1.26. The predicted octanol–water partition coefficient (Wildman–Crippen LogP) is 5.84. The van der Waals surface area contributed by atoms with Crippen LogP contribution >= 0.6 is 38.9 Å². The minimum atomic E-state index is 0.465. The lowest BCUT2D eigenvalue weighted by Crippen LogP contribution is -2.01. The van der Waals surface area contributed by atoms with Gasteiger partial charge in [-0.05, 0) is 34.0 Å². The summed E-state index contributed by atoms with van der Waals surface area (Å²) < 4.78 is 7.48. The number of anilines is 2. The van der Waals surface area contributed by atoms with Gasteiger partial charge in [0.15, 0.2) is 16.7 Å². The van der Waals surface area contributed by atoms with Gasteiger partial charge in [0.2, 0.25) is 0 Å². The molecule has 0 aliphatic heterocycles. The second-order valence-corrected chi connectivity index (χ2v) is 7.51. The fourth-order valence-corrected chi connectivity index (χ4v) is 3.55. The zero-order valence-electron chi connectivity index (χ0n) is 12.9. The number of hydrogen-bond donors (Lipinski definition) is 1. The third kappa shape index (κ3) is 4.26. The Hall–Kier alpha value is -1.63. The van der Waals surface area contributed by atoms with E-state index in [-0.39, 0.29) is 0 Å². The van der Waals surface area contributed by atoms with Gasteiger partial charge in [-0.15, -0.1) is 0 Å². The third-order valence-electron chi connectivity index (χ3n) is 3.27. The van der Waals surface area contributed by atoms with Crippen LogP contribution in [0.15, 0.2) is 47.1 Å². The number of thiazole rings is 1. The summed E-state index contributed by atoms with van der Waals surface area (Å²) in [6.45, 7) is 2.49. The standard InChI is InChI=1S/C17H15BrClN3OS/c1-2-13-15(19)24-17(21-13)22-16-14(8-12(18)9-20-16)23-10-11-6-4-3-5-7-11/h3-9H,2,10H2,1H3,(H,20,21,22). The van der Waals surface area contributed by atoms with E-state index in [2.05, 4.69) is 31.2 Å². The van der Waals surface area contributed by atoms with E-state index in [4.69, 9.17) is 16.3 Å². The number of aromatic nitrogens is 2. The highest BCUT2D eigenvalue weighted by molar-refractivity contribution is 9.10. The van der Waals surface area contributed by atoms with Crippen LogP contribution in [0.3, 0.4) is 0 Å². The van der Waals surface area contributed by atoms with Crippen LogP contribution in [0.25, 0.3) is 0 Å². The van der Waals surface area contributed by atoms with Crippen molar-refractivity contribution in [2.75, 3.05) is 5.32 Å². The van der Waals surface area contributed by atoms with E-state index >= 15 is 0 Å². The van der Waals surface area contributed by atoms with Crippen molar-refractivity contribution in [1.29, 1.82) is 0 Å². The molecule has 0 bridgehead atoms. The van der Waals surface area contributed by atoms with E-state index in [0.717, 1.165) is 22.2 Å². The second kappa shape index (κ2) is 7.96. The van der Waals surface area contributed by atoms with Crippen LogP contribution in [0.1, 0.15) is 18.2 Å². The number of nitrogens with one attached hydrogen (secondary N) is 1. The lowest BCUT2D eigenvalue weighted by Gasteiger charge is -2.11. The molecule has 1 N–H and O–H groups in total. The summed E-state index contributed by atoms with van der Waals surface area (Å²) in [5.41, 5.74) is 1.97. The highest BCUT2D eigenvalue weighted by Crippen LogP contribution is 2.33. The highest BCUT2D eigenvalue weighted by atomic mass is 79.9. The first-order valence-corrected chi connectivity index (χ1v) is 9.39. The topological polar surface area (TPSA) is 47.0 Å². The molecule has 124 valence electrons. The van der Waals surface area contributed by atoms with Gasteiger partial charge < -0.3 is 10.1 Å². The lowest BCUT2D eigenvalue weighted by atomic mass is 10.2. The Morgan fingerprint density at radius 2 is 2.08 bits per heavy atom. The number of nitrogens with zero attached hydrogens (tertiary/aromatic N) is 2. The average molecular weight is 425 g/mol. The normalized spacial score (nSPS) is 10.6. The van der Waals surface area contributed by atoms with Gasteiger partial charge in [-0.1, -0.05) is 60.2 Å². The SMILES string of the molecule is CCc1nc(Nc2ncc(Br)cc2OCc2ccccc2)sc1Cl. The number of rotatable bonds is 6. The maximum atomic E-state index is 6.17. The molecule has 0 spiro atoms. The largest absolute Gasteiger partial charge is 0.485 e. The van der Waals surface area contributed by atoms with Crippen molar-refractivity contribution in [2.45, 2.75) is 20.0 Å². The number of benzene rings is 1. The van der Waals surface area contributed by atoms with Crippen LogP contribution in [-0.2, 0) is 13.0 Å². The van der Waals surface area contributed by atoms with Gasteiger partial charge in [-0.25, -0.2) is 9.97 Å². The van der Waals surface area contributed by atoms with Crippen molar-refractivity contribution in [3.05, 3.63) is 62.7 Å². The van der Waals surface area contributed by atoms with Gasteiger partial charge in [0.1, 0.15) is 10.9 Å². The Kier molecular flexibility index (Phi) is 5.71. The number of hydrogen-bond acceptors (Lipinski definition) is 5. The minimum absolute atomic E-state index is 0.465. The van der Waals surface area contributed by atoms with Crippen molar-refractivity contribution < 1.29 is 4.74 Å². The van der Waals surface area contributed by atoms with E-state index in [1.54, 1.807) is 6.20 Å². The molecule has 0 atom stereocenters. The number of ether oxygens (including phenoxy) is 1. The maximum absolute atomic E-state index is 6.17. The second-order valence-electron chi connectivity index (χ2n) is 4.99. The molecule has 3 rings (SSSR count). The summed E-state index contributed by atoms with van der Waals surface area (Å²) in [4.78, 5) is 8.86. The molecule has 4 nitrogen and oxygen atoms in total. The molecule has 0 aliphatic rings. The zero-order chi connectivity index (χ0) is 16.9. The molecule has 0 unspecified atom stereocenters. The fraction of sp³-hybridized carbons (Fsp3) is 0.176. The molecule has 1 aromatic carbocycles. The van der Waals surface area contributed by atoms with Gasteiger partial charge in [-0.3, -0.25) is 0 Å². The van der Waals surface area contributed by atoms with Crippen LogP contribution in [0, 0.1) is 0 Å². The molecule has 3 aromatic rings. The molecule has 24 heavy (non-hydrogen) atoms. The Labute approximate surface area is 158 Å². The molecule has 2 heterocycles. The fourth-order valence-electron chi connectivity index (χ4n) is 2.07. The number of aryl methyl sites for hydroxylation is 1. The first-order chi connectivity index (χ1) is 11.7. The predicted molar refractivity (Wildman–Crippen MR) is 102 cm³/mol. The number of pyridine rings is 1. The van der Waals surface area contributed by atoms with E-state index in [0.29, 0.717) is 27.6 Å². The zero-order valence-corrected chi connectivity index (χ0v) is 16.1. The molecule has 2 aromatic heterocycles. The number of halogens is 2. The molecular formula is C17H15BrClN3OS. The van der Waals surface area contributed by atoms with Gasteiger partial charge in [0.25, 0.3) is 0 Å². The first kappa shape index (κ1) is 17.2. The van der Waals surface area contributed by atoms with Crippen molar-refractivity contribution in [3.63, 3.8) is 0 Å². The van der Waals surface area contributed by atoms with E-state index < -0.39 is 0 Å². The van der Waals surface area contributed by atoms with Gasteiger partial charge >= 0.3 is 0 Å². The summed E-state index contributed by atoms with van der Waals surface area (Å²) in [7, 11) is 0. The molecule has 0 fully saturated rings. The van der Waals surface area contributed by atoms with Gasteiger partial charge in [-0.2, -0.15) is 0 Å². The molecule has 0 radical (unpaired) electrons. The van der Waals surface area contributed by atoms with Crippen molar-refractivity contribution in [3.8, 4) is 5.75 Å². The molecule has 0 saturated heterocycles. The van der Waals surface area contributed by atoms with Gasteiger partial charge in [0, 0.05) is 10.7 Å². The maximum Gasteiger partial charge on any atom is 0.190 e. The van der Waals surface area contributed by atoms with Gasteiger partial charge in [0.05, 0.1) is 5.69 Å².